The van der Waals surface area contributed by atoms with Crippen molar-refractivity contribution in [2.45, 2.75) is 43.7 Å². The third-order valence-electron chi connectivity index (χ3n) is 6.15. The van der Waals surface area contributed by atoms with E-state index >= 15 is 0 Å². The van der Waals surface area contributed by atoms with Crippen molar-refractivity contribution >= 4 is 5.91 Å². The van der Waals surface area contributed by atoms with Gasteiger partial charge < -0.3 is 9.80 Å². The van der Waals surface area contributed by atoms with Gasteiger partial charge in [-0.05, 0) is 38.1 Å². The van der Waals surface area contributed by atoms with Crippen molar-refractivity contribution in [1.82, 2.24) is 19.6 Å². The Morgan fingerprint density at radius 2 is 1.88 bits per heavy atom. The largest absolute Gasteiger partial charge is 0.332 e. The summed E-state index contributed by atoms with van der Waals surface area (Å²) >= 11 is 0. The fourth-order valence-corrected chi connectivity index (χ4v) is 4.84. The lowest BCUT2D eigenvalue weighted by Crippen LogP contribution is -2.48. The van der Waals surface area contributed by atoms with E-state index in [1.165, 1.54) is 24.8 Å². The van der Waals surface area contributed by atoms with E-state index in [4.69, 9.17) is 0 Å². The van der Waals surface area contributed by atoms with Crippen LogP contribution in [0, 0.1) is 0 Å². The molecule has 0 bridgehead atoms. The van der Waals surface area contributed by atoms with E-state index in [2.05, 4.69) is 52.3 Å². The van der Waals surface area contributed by atoms with E-state index < -0.39 is 0 Å². The number of benzene rings is 1. The number of likely N-dealkylation sites (tertiary alicyclic amines) is 2. The summed E-state index contributed by atoms with van der Waals surface area (Å²) in [5, 5.41) is 4.20. The molecule has 138 valence electrons. The van der Waals surface area contributed by atoms with Gasteiger partial charge in [0.05, 0.1) is 0 Å². The summed E-state index contributed by atoms with van der Waals surface area (Å²) in [4.78, 5) is 17.9. The molecular weight excluding hydrogens is 324 g/mol. The van der Waals surface area contributed by atoms with Crippen molar-refractivity contribution < 1.29 is 4.79 Å². The van der Waals surface area contributed by atoms with Gasteiger partial charge in [0.2, 0.25) is 0 Å². The fourth-order valence-electron chi connectivity index (χ4n) is 4.84. The average molecular weight is 352 g/mol. The lowest BCUT2D eigenvalue weighted by atomic mass is 9.87. The van der Waals surface area contributed by atoms with Crippen LogP contribution in [-0.4, -0.2) is 57.7 Å². The number of likely N-dealkylation sites (N-methyl/N-ethyl adjacent to an activating group) is 1. The lowest BCUT2D eigenvalue weighted by Gasteiger charge is -2.36. The molecule has 3 atom stereocenters. The van der Waals surface area contributed by atoms with Crippen molar-refractivity contribution in [2.75, 3.05) is 20.1 Å². The van der Waals surface area contributed by atoms with Gasteiger partial charge in [0.15, 0.2) is 0 Å². The van der Waals surface area contributed by atoms with Crippen LogP contribution in [0.3, 0.4) is 0 Å². The Labute approximate surface area is 155 Å². The second-order valence-corrected chi connectivity index (χ2v) is 7.70. The molecule has 5 nitrogen and oxygen atoms in total. The predicted molar refractivity (Wildman–Crippen MR) is 102 cm³/mol. The van der Waals surface area contributed by atoms with E-state index in [-0.39, 0.29) is 11.9 Å². The third kappa shape index (κ3) is 3.05. The number of hydrogen-bond donors (Lipinski definition) is 0. The number of aryl methyl sites for hydroxylation is 1. The molecule has 0 radical (unpaired) electrons. The molecule has 1 aromatic carbocycles. The molecule has 1 amide bonds. The zero-order valence-corrected chi connectivity index (χ0v) is 15.7. The molecule has 0 unspecified atom stereocenters. The Hall–Kier alpha value is -2.14. The van der Waals surface area contributed by atoms with Crippen molar-refractivity contribution in [2.24, 2.45) is 7.05 Å². The second-order valence-electron chi connectivity index (χ2n) is 7.70. The van der Waals surface area contributed by atoms with E-state index in [1.54, 1.807) is 10.9 Å². The third-order valence-corrected chi connectivity index (χ3v) is 6.15. The molecule has 3 heterocycles. The maximum atomic E-state index is 13.3. The summed E-state index contributed by atoms with van der Waals surface area (Å²) in [7, 11) is 4.08. The summed E-state index contributed by atoms with van der Waals surface area (Å²) in [5.74, 6) is 0.480. The van der Waals surface area contributed by atoms with Crippen molar-refractivity contribution in [3.8, 4) is 0 Å². The molecule has 1 aromatic heterocycles. The minimum atomic E-state index is 0.118. The first-order valence-electron chi connectivity index (χ1n) is 9.71. The molecule has 2 aliphatic rings. The molecule has 2 fully saturated rings. The van der Waals surface area contributed by atoms with Crippen LogP contribution < -0.4 is 0 Å². The molecule has 2 saturated heterocycles. The van der Waals surface area contributed by atoms with Crippen molar-refractivity contribution in [1.29, 1.82) is 0 Å². The van der Waals surface area contributed by atoms with Crippen molar-refractivity contribution in [3.05, 3.63) is 53.9 Å². The van der Waals surface area contributed by atoms with Crippen LogP contribution in [-0.2, 0) is 7.05 Å². The smallest absolute Gasteiger partial charge is 0.272 e. The Bertz CT molecular complexity index is 756. The molecule has 26 heavy (non-hydrogen) atoms. The minimum Gasteiger partial charge on any atom is -0.332 e. The number of rotatable bonds is 2. The standard InChI is InChI=1S/C21H28N4O/c1-23-14-8-4-7-11-18-20(23)17(16-9-5-3-6-10-16)15-25(18)21(26)19-12-13-22-24(19)2/h3,5-6,9-10,12-13,17-18,20H,4,7-8,11,14-15H2,1-2H3/t17-,18+,20-/m0/s1. The monoisotopic (exact) mass is 352 g/mol. The van der Waals surface area contributed by atoms with Gasteiger partial charge in [0.25, 0.3) is 5.91 Å². The zero-order chi connectivity index (χ0) is 18.1. The van der Waals surface area contributed by atoms with Crippen LogP contribution in [0.15, 0.2) is 42.6 Å². The van der Waals surface area contributed by atoms with Gasteiger partial charge in [-0.15, -0.1) is 0 Å². The number of nitrogens with zero attached hydrogens (tertiary/aromatic N) is 4. The quantitative estimate of drug-likeness (QED) is 0.834. The topological polar surface area (TPSA) is 41.4 Å². The summed E-state index contributed by atoms with van der Waals surface area (Å²) in [5.41, 5.74) is 2.03. The molecule has 0 saturated carbocycles. The summed E-state index contributed by atoms with van der Waals surface area (Å²) in [6.07, 6.45) is 6.49. The Morgan fingerprint density at radius 1 is 1.08 bits per heavy atom. The maximum Gasteiger partial charge on any atom is 0.272 e. The summed E-state index contributed by atoms with van der Waals surface area (Å²) in [6.45, 7) is 1.89. The van der Waals surface area contributed by atoms with Gasteiger partial charge in [-0.1, -0.05) is 43.2 Å². The molecule has 5 heteroatoms. The highest BCUT2D eigenvalue weighted by Crippen LogP contribution is 2.39. The molecule has 0 aliphatic carbocycles. The van der Waals surface area contributed by atoms with Crippen LogP contribution in [0.4, 0.5) is 0 Å². The van der Waals surface area contributed by atoms with Crippen LogP contribution in [0.1, 0.15) is 47.7 Å². The SMILES string of the molecule is CN1CCCCC[C@@H]2[C@@H]1[C@H](c1ccccc1)CN2C(=O)c1ccnn1C. The number of fused-ring (bicyclic) bond motifs is 1. The number of hydrogen-bond acceptors (Lipinski definition) is 3. The number of amides is 1. The Morgan fingerprint density at radius 3 is 2.62 bits per heavy atom. The van der Waals surface area contributed by atoms with Gasteiger partial charge in [-0.3, -0.25) is 9.48 Å². The van der Waals surface area contributed by atoms with E-state index in [1.807, 2.05) is 13.1 Å². The predicted octanol–water partition coefficient (Wildman–Crippen LogP) is 2.90. The number of aromatic nitrogens is 2. The van der Waals surface area contributed by atoms with Gasteiger partial charge in [0, 0.05) is 37.8 Å². The average Bonchev–Trinajstić information content (AvgIpc) is 3.23. The molecule has 4 rings (SSSR count). The first kappa shape index (κ1) is 17.3. The fraction of sp³-hybridized carbons (Fsp3) is 0.524. The highest BCUT2D eigenvalue weighted by Gasteiger charge is 2.46. The second kappa shape index (κ2) is 7.23. The Balaban J connectivity index is 1.70. The van der Waals surface area contributed by atoms with Gasteiger partial charge in [0.1, 0.15) is 5.69 Å². The van der Waals surface area contributed by atoms with Crippen LogP contribution in [0.5, 0.6) is 0 Å². The summed E-state index contributed by atoms with van der Waals surface area (Å²) in [6, 6.07) is 13.2. The molecule has 0 spiro atoms. The molecule has 0 N–H and O–H groups in total. The van der Waals surface area contributed by atoms with E-state index in [0.717, 1.165) is 19.5 Å². The minimum absolute atomic E-state index is 0.118. The van der Waals surface area contributed by atoms with Gasteiger partial charge in [-0.25, -0.2) is 0 Å². The molecular formula is C21H28N4O. The van der Waals surface area contributed by atoms with Gasteiger partial charge >= 0.3 is 0 Å². The van der Waals surface area contributed by atoms with Crippen molar-refractivity contribution in [3.63, 3.8) is 0 Å². The van der Waals surface area contributed by atoms with Gasteiger partial charge in [-0.2, -0.15) is 5.10 Å². The van der Waals surface area contributed by atoms with E-state index in [9.17, 15) is 4.79 Å². The van der Waals surface area contributed by atoms with Crippen LogP contribution >= 0.6 is 0 Å². The number of carbonyl (C=O) groups is 1. The first-order chi connectivity index (χ1) is 12.7. The van der Waals surface area contributed by atoms with E-state index in [0.29, 0.717) is 17.7 Å². The normalized spacial score (nSPS) is 27.0. The first-order valence-corrected chi connectivity index (χ1v) is 9.71. The lowest BCUT2D eigenvalue weighted by molar-refractivity contribution is 0.0658. The van der Waals surface area contributed by atoms with Crippen LogP contribution in [0.2, 0.25) is 0 Å². The maximum absolute atomic E-state index is 13.3. The zero-order valence-electron chi connectivity index (χ0n) is 15.7. The van der Waals surface area contributed by atoms with Crippen LogP contribution in [0.25, 0.3) is 0 Å². The Kier molecular flexibility index (Phi) is 4.81. The highest BCUT2D eigenvalue weighted by molar-refractivity contribution is 5.93. The molecule has 2 aromatic rings. The molecule has 2 aliphatic heterocycles. The number of carbonyl (C=O) groups excluding carboxylic acids is 1. The summed E-state index contributed by atoms with van der Waals surface area (Å²) < 4.78 is 1.69. The highest BCUT2D eigenvalue weighted by atomic mass is 16.2.